The van der Waals surface area contributed by atoms with E-state index in [1.54, 1.807) is 24.3 Å². The van der Waals surface area contributed by atoms with E-state index in [1.165, 1.54) is 11.1 Å². The fraction of sp³-hybridized carbons (Fsp3) is 0.214. The molecule has 8 heteroatoms. The number of benzene rings is 3. The number of aryl methyl sites for hydroxylation is 2. The summed E-state index contributed by atoms with van der Waals surface area (Å²) in [5.74, 6) is 0.321. The number of ether oxygens (including phenoxy) is 1. The van der Waals surface area contributed by atoms with Gasteiger partial charge in [-0.1, -0.05) is 60.2 Å². The molecule has 0 aliphatic heterocycles. The lowest BCUT2D eigenvalue weighted by molar-refractivity contribution is 0.178. The molecule has 4 aromatic rings. The quantitative estimate of drug-likeness (QED) is 0.318. The van der Waals surface area contributed by atoms with Crippen molar-refractivity contribution in [1.82, 2.24) is 14.1 Å². The Labute approximate surface area is 213 Å². The summed E-state index contributed by atoms with van der Waals surface area (Å²) in [5, 5.41) is 4.75. The summed E-state index contributed by atoms with van der Waals surface area (Å²) in [5.41, 5.74) is 7.40. The zero-order valence-corrected chi connectivity index (χ0v) is 21.4. The fourth-order valence-corrected chi connectivity index (χ4v) is 4.42. The van der Waals surface area contributed by atoms with Crippen LogP contribution >= 0.6 is 0 Å². The summed E-state index contributed by atoms with van der Waals surface area (Å²) in [6, 6.07) is 25.0. The minimum atomic E-state index is -2.49. The van der Waals surface area contributed by atoms with Crippen LogP contribution in [0.1, 0.15) is 33.6 Å². The topological polar surface area (TPSA) is 84.7 Å². The Hall–Kier alpha value is -3.75. The zero-order valence-electron chi connectivity index (χ0n) is 20.5. The van der Waals surface area contributed by atoms with Gasteiger partial charge in [0.1, 0.15) is 5.75 Å². The normalized spacial score (nSPS) is 11.8. The van der Waals surface area contributed by atoms with Gasteiger partial charge in [-0.25, -0.2) is 18.0 Å². The summed E-state index contributed by atoms with van der Waals surface area (Å²) >= 11 is -2.49. The van der Waals surface area contributed by atoms with Gasteiger partial charge in [-0.05, 0) is 62.6 Å². The average molecular weight is 504 g/mol. The summed E-state index contributed by atoms with van der Waals surface area (Å²) in [4.78, 5) is 12.4. The van der Waals surface area contributed by atoms with Crippen LogP contribution in [0.4, 0.5) is 4.79 Å². The molecule has 186 valence electrons. The van der Waals surface area contributed by atoms with E-state index in [0.29, 0.717) is 12.2 Å². The highest BCUT2D eigenvalue weighted by Gasteiger charge is 2.21. The number of hydrogen-bond acceptors (Lipinski definition) is 4. The van der Waals surface area contributed by atoms with E-state index >= 15 is 0 Å². The Kier molecular flexibility index (Phi) is 7.97. The van der Waals surface area contributed by atoms with Crippen LogP contribution in [-0.2, 0) is 24.1 Å². The van der Waals surface area contributed by atoms with Crippen molar-refractivity contribution in [3.05, 3.63) is 113 Å². The lowest BCUT2D eigenvalue weighted by atomic mass is 10.0. The molecule has 0 radical (unpaired) electrons. The van der Waals surface area contributed by atoms with Gasteiger partial charge in [0, 0.05) is 24.2 Å². The zero-order chi connectivity index (χ0) is 25.7. The third-order valence-corrected chi connectivity index (χ3v) is 6.78. The highest BCUT2D eigenvalue weighted by Crippen LogP contribution is 2.22. The second-order valence-corrected chi connectivity index (χ2v) is 9.56. The monoisotopic (exact) mass is 503 g/mol. The standard InChI is InChI=1S/C28H29N3O4S/c1-20-9-15-26(16-10-20)35-28(32)30(36(33)34)18-17-23-11-13-25(14-12-23)31-22(3)27(21(2)29-31)19-24-7-5-4-6-8-24/h4-16H,17-19H2,1-3H3,(H,33,34). The molecule has 3 aromatic carbocycles. The molecule has 7 nitrogen and oxygen atoms in total. The maximum atomic E-state index is 12.4. The lowest BCUT2D eigenvalue weighted by Gasteiger charge is -2.17. The third-order valence-electron chi connectivity index (χ3n) is 6.07. The van der Waals surface area contributed by atoms with Crippen LogP contribution in [0.3, 0.4) is 0 Å². The number of carbonyl (C=O) groups is 1. The van der Waals surface area contributed by atoms with Gasteiger partial charge in [-0.15, -0.1) is 0 Å². The first-order valence-corrected chi connectivity index (χ1v) is 12.7. The molecule has 0 saturated carbocycles. The Morgan fingerprint density at radius 2 is 1.61 bits per heavy atom. The molecule has 1 atom stereocenters. The Bertz CT molecular complexity index is 1350. The van der Waals surface area contributed by atoms with Gasteiger partial charge in [0.25, 0.3) is 11.3 Å². The Morgan fingerprint density at radius 1 is 0.944 bits per heavy atom. The first kappa shape index (κ1) is 25.3. The van der Waals surface area contributed by atoms with Crippen LogP contribution < -0.4 is 4.74 Å². The predicted octanol–water partition coefficient (Wildman–Crippen LogP) is 5.57. The molecular weight excluding hydrogens is 474 g/mol. The molecule has 1 heterocycles. The summed E-state index contributed by atoms with van der Waals surface area (Å²) in [7, 11) is 0. The van der Waals surface area contributed by atoms with Crippen molar-refractivity contribution in [2.75, 3.05) is 6.54 Å². The van der Waals surface area contributed by atoms with Gasteiger partial charge in [0.15, 0.2) is 0 Å². The molecule has 0 saturated heterocycles. The van der Waals surface area contributed by atoms with Crippen LogP contribution in [0, 0.1) is 20.8 Å². The van der Waals surface area contributed by atoms with Gasteiger partial charge in [0.2, 0.25) is 0 Å². The van der Waals surface area contributed by atoms with Gasteiger partial charge in [0.05, 0.1) is 11.4 Å². The van der Waals surface area contributed by atoms with E-state index in [4.69, 9.17) is 9.84 Å². The van der Waals surface area contributed by atoms with Crippen LogP contribution in [0.2, 0.25) is 0 Å². The van der Waals surface area contributed by atoms with Crippen molar-refractivity contribution in [2.45, 2.75) is 33.6 Å². The second-order valence-electron chi connectivity index (χ2n) is 8.65. The minimum Gasteiger partial charge on any atom is -0.410 e. The number of hydrogen-bond donors (Lipinski definition) is 1. The van der Waals surface area contributed by atoms with E-state index in [9.17, 15) is 13.6 Å². The van der Waals surface area contributed by atoms with Crippen molar-refractivity contribution in [3.8, 4) is 11.4 Å². The second kappa shape index (κ2) is 11.3. The van der Waals surface area contributed by atoms with E-state index in [-0.39, 0.29) is 6.54 Å². The van der Waals surface area contributed by atoms with Gasteiger partial charge >= 0.3 is 6.09 Å². The van der Waals surface area contributed by atoms with Gasteiger partial charge in [-0.3, -0.25) is 4.55 Å². The van der Waals surface area contributed by atoms with Crippen LogP contribution in [0.5, 0.6) is 5.75 Å². The SMILES string of the molecule is Cc1ccc(OC(=O)N(CCc2ccc(-n3nc(C)c(Cc4ccccc4)c3C)cc2)S(=O)O)cc1. The first-order valence-electron chi connectivity index (χ1n) is 11.7. The molecule has 1 aromatic heterocycles. The van der Waals surface area contributed by atoms with E-state index in [1.807, 2.05) is 61.0 Å². The first-order chi connectivity index (χ1) is 17.3. The van der Waals surface area contributed by atoms with Crippen molar-refractivity contribution < 1.29 is 18.3 Å². The number of aromatic nitrogens is 2. The smallest absolute Gasteiger partial charge is 0.410 e. The van der Waals surface area contributed by atoms with Crippen molar-refractivity contribution in [2.24, 2.45) is 0 Å². The molecule has 0 aliphatic carbocycles. The maximum absolute atomic E-state index is 12.4. The summed E-state index contributed by atoms with van der Waals surface area (Å²) < 4.78 is 29.4. The lowest BCUT2D eigenvalue weighted by Crippen LogP contribution is -2.36. The van der Waals surface area contributed by atoms with Crippen LogP contribution in [0.15, 0.2) is 78.9 Å². The molecule has 0 spiro atoms. The number of carbonyl (C=O) groups excluding carboxylic acids is 1. The molecule has 0 bridgehead atoms. The molecule has 4 rings (SSSR count). The highest BCUT2D eigenvalue weighted by atomic mass is 32.2. The predicted molar refractivity (Wildman–Crippen MR) is 141 cm³/mol. The van der Waals surface area contributed by atoms with Crippen LogP contribution in [0.25, 0.3) is 5.69 Å². The molecule has 1 amide bonds. The molecule has 1 unspecified atom stereocenters. The van der Waals surface area contributed by atoms with Gasteiger partial charge < -0.3 is 4.74 Å². The fourth-order valence-electron chi connectivity index (χ4n) is 4.01. The summed E-state index contributed by atoms with van der Waals surface area (Å²) in [6.45, 7) is 6.05. The molecule has 0 aliphatic rings. The van der Waals surface area contributed by atoms with E-state index in [0.717, 1.165) is 38.9 Å². The van der Waals surface area contributed by atoms with E-state index in [2.05, 4.69) is 19.1 Å². The van der Waals surface area contributed by atoms with Crippen LogP contribution in [-0.4, -0.2) is 35.5 Å². The average Bonchev–Trinajstić information content (AvgIpc) is 3.15. The minimum absolute atomic E-state index is 0.0360. The molecular formula is C28H29N3O4S. The number of rotatable bonds is 8. The van der Waals surface area contributed by atoms with E-state index < -0.39 is 17.4 Å². The molecule has 1 N–H and O–H groups in total. The van der Waals surface area contributed by atoms with Crippen molar-refractivity contribution in [3.63, 3.8) is 0 Å². The largest absolute Gasteiger partial charge is 0.428 e. The molecule has 36 heavy (non-hydrogen) atoms. The number of amides is 1. The Balaban J connectivity index is 1.42. The third kappa shape index (κ3) is 6.08. The Morgan fingerprint density at radius 3 is 2.25 bits per heavy atom. The number of nitrogens with zero attached hydrogens (tertiary/aromatic N) is 3. The van der Waals surface area contributed by atoms with Crippen molar-refractivity contribution >= 4 is 17.4 Å². The maximum Gasteiger partial charge on any atom is 0.428 e. The molecule has 0 fully saturated rings. The van der Waals surface area contributed by atoms with Gasteiger partial charge in [-0.2, -0.15) is 5.10 Å². The summed E-state index contributed by atoms with van der Waals surface area (Å²) in [6.07, 6.45) is 0.347. The van der Waals surface area contributed by atoms with Crippen molar-refractivity contribution in [1.29, 1.82) is 0 Å². The highest BCUT2D eigenvalue weighted by molar-refractivity contribution is 7.77.